The number of carbonyl (C=O) groups excluding carboxylic acids is 1. The van der Waals surface area contributed by atoms with E-state index in [1.807, 2.05) is 0 Å². The summed E-state index contributed by atoms with van der Waals surface area (Å²) in [7, 11) is 0. The highest BCUT2D eigenvalue weighted by atomic mass is 19.1. The molecule has 0 unspecified atom stereocenters. The van der Waals surface area contributed by atoms with Gasteiger partial charge in [0.25, 0.3) is 5.91 Å². The minimum Gasteiger partial charge on any atom is -0.511 e. The lowest BCUT2D eigenvalue weighted by Gasteiger charge is -2.05. The van der Waals surface area contributed by atoms with Crippen molar-refractivity contribution >= 4 is 5.91 Å². The first-order valence-corrected chi connectivity index (χ1v) is 5.37. The molecular weight excluding hydrogens is 235 g/mol. The van der Waals surface area contributed by atoms with Crippen molar-refractivity contribution in [1.82, 2.24) is 5.32 Å². The van der Waals surface area contributed by atoms with Gasteiger partial charge >= 0.3 is 0 Å². The van der Waals surface area contributed by atoms with E-state index in [1.54, 1.807) is 18.2 Å². The fraction of sp³-hybridized carbons (Fsp3) is 0.231. The van der Waals surface area contributed by atoms with Crippen molar-refractivity contribution in [2.24, 2.45) is 0 Å². The van der Waals surface area contributed by atoms with Gasteiger partial charge in [-0.15, -0.1) is 0 Å². The molecule has 0 radical (unpaired) electrons. The van der Waals surface area contributed by atoms with E-state index in [0.717, 1.165) is 5.56 Å². The summed E-state index contributed by atoms with van der Waals surface area (Å²) in [6.45, 7) is 1.58. The van der Waals surface area contributed by atoms with Crippen LogP contribution in [0.25, 0.3) is 0 Å². The molecule has 0 aromatic heterocycles. The number of hydrogen-bond donors (Lipinski definition) is 2. The summed E-state index contributed by atoms with van der Waals surface area (Å²) in [5, 5.41) is 20.2. The number of nitrogens with zero attached hydrogens (tertiary/aromatic N) is 1. The second-order valence-corrected chi connectivity index (χ2v) is 3.70. The maximum Gasteiger partial charge on any atom is 0.265 e. The molecule has 0 saturated carbocycles. The van der Waals surface area contributed by atoms with Gasteiger partial charge in [-0.1, -0.05) is 12.1 Å². The molecule has 2 N–H and O–H groups in total. The van der Waals surface area contributed by atoms with E-state index in [9.17, 15) is 9.18 Å². The number of aliphatic hydroxyl groups excluding tert-OH is 1. The molecule has 0 aliphatic rings. The third-order valence-electron chi connectivity index (χ3n) is 2.31. The van der Waals surface area contributed by atoms with E-state index in [1.165, 1.54) is 19.1 Å². The fourth-order valence-electron chi connectivity index (χ4n) is 1.36. The number of hydrogen-bond acceptors (Lipinski definition) is 3. The molecule has 0 heterocycles. The van der Waals surface area contributed by atoms with Crippen LogP contribution in [0.2, 0.25) is 0 Å². The van der Waals surface area contributed by atoms with Gasteiger partial charge in [0.15, 0.2) is 5.57 Å². The monoisotopic (exact) mass is 248 g/mol. The third kappa shape index (κ3) is 3.91. The van der Waals surface area contributed by atoms with Crippen LogP contribution in [-0.2, 0) is 11.2 Å². The fourth-order valence-corrected chi connectivity index (χ4v) is 1.36. The Morgan fingerprint density at radius 1 is 1.44 bits per heavy atom. The Bertz CT molecular complexity index is 497. The number of halogens is 1. The Morgan fingerprint density at radius 3 is 2.56 bits per heavy atom. The van der Waals surface area contributed by atoms with Crippen molar-refractivity contribution in [2.45, 2.75) is 13.3 Å². The molecule has 1 aromatic rings. The molecule has 94 valence electrons. The minimum atomic E-state index is -0.611. The van der Waals surface area contributed by atoms with Gasteiger partial charge in [0, 0.05) is 6.54 Å². The van der Waals surface area contributed by atoms with Gasteiger partial charge < -0.3 is 10.4 Å². The minimum absolute atomic E-state index is 0.297. The highest BCUT2D eigenvalue weighted by Crippen LogP contribution is 2.03. The summed E-state index contributed by atoms with van der Waals surface area (Å²) in [4.78, 5) is 11.4. The molecule has 4 nitrogen and oxygen atoms in total. The highest BCUT2D eigenvalue weighted by molar-refractivity contribution is 5.97. The molecule has 18 heavy (non-hydrogen) atoms. The van der Waals surface area contributed by atoms with Crippen LogP contribution in [-0.4, -0.2) is 17.6 Å². The predicted octanol–water partition coefficient (Wildman–Crippen LogP) is 1.84. The number of rotatable bonds is 4. The summed E-state index contributed by atoms with van der Waals surface area (Å²) in [5.41, 5.74) is 0.578. The van der Waals surface area contributed by atoms with E-state index in [2.05, 4.69) is 5.32 Å². The lowest BCUT2D eigenvalue weighted by atomic mass is 10.1. The number of aliphatic hydroxyl groups is 1. The maximum atomic E-state index is 12.6. The molecule has 0 fully saturated rings. The second kappa shape index (κ2) is 6.40. The number of allylic oxidation sites excluding steroid dienone is 1. The van der Waals surface area contributed by atoms with Crippen LogP contribution in [0.3, 0.4) is 0 Å². The largest absolute Gasteiger partial charge is 0.511 e. The Kier molecular flexibility index (Phi) is 4.88. The molecule has 1 rings (SSSR count). The van der Waals surface area contributed by atoms with Crippen molar-refractivity contribution in [1.29, 1.82) is 5.26 Å². The summed E-state index contributed by atoms with van der Waals surface area (Å²) in [6, 6.07) is 7.56. The first-order valence-electron chi connectivity index (χ1n) is 5.37. The predicted molar refractivity (Wildman–Crippen MR) is 64.1 cm³/mol. The van der Waals surface area contributed by atoms with E-state index < -0.39 is 5.91 Å². The quantitative estimate of drug-likeness (QED) is 0.485. The number of benzene rings is 1. The summed E-state index contributed by atoms with van der Waals surface area (Å²) >= 11 is 0. The van der Waals surface area contributed by atoms with Crippen molar-refractivity contribution in [3.8, 4) is 6.07 Å². The zero-order valence-corrected chi connectivity index (χ0v) is 9.90. The SMILES string of the molecule is C/C(O)=C(\C#N)C(=O)NCCc1ccc(F)cc1. The highest BCUT2D eigenvalue weighted by Gasteiger charge is 2.11. The smallest absolute Gasteiger partial charge is 0.265 e. The Morgan fingerprint density at radius 2 is 2.06 bits per heavy atom. The average molecular weight is 248 g/mol. The molecule has 0 aliphatic heterocycles. The van der Waals surface area contributed by atoms with E-state index in [0.29, 0.717) is 13.0 Å². The molecular formula is C13H13FN2O2. The van der Waals surface area contributed by atoms with Crippen molar-refractivity contribution < 1.29 is 14.3 Å². The van der Waals surface area contributed by atoms with Gasteiger partial charge in [-0.05, 0) is 31.0 Å². The van der Waals surface area contributed by atoms with Crippen molar-refractivity contribution in [3.63, 3.8) is 0 Å². The van der Waals surface area contributed by atoms with Crippen LogP contribution in [0.15, 0.2) is 35.6 Å². The van der Waals surface area contributed by atoms with Crippen LogP contribution < -0.4 is 5.32 Å². The number of nitriles is 1. The summed E-state index contributed by atoms with van der Waals surface area (Å²) < 4.78 is 12.6. The Hall–Kier alpha value is -2.35. The number of nitrogens with one attached hydrogen (secondary N) is 1. The Labute approximate surface area is 104 Å². The molecule has 0 bridgehead atoms. The Balaban J connectivity index is 2.48. The number of carbonyl (C=O) groups is 1. The van der Waals surface area contributed by atoms with Crippen molar-refractivity contribution in [2.75, 3.05) is 6.54 Å². The lowest BCUT2D eigenvalue weighted by Crippen LogP contribution is -2.27. The standard InChI is InChI=1S/C13H13FN2O2/c1-9(17)12(8-15)13(18)16-7-6-10-2-4-11(14)5-3-10/h2-5,17H,6-7H2,1H3,(H,16,18)/b12-9-. The van der Waals surface area contributed by atoms with E-state index >= 15 is 0 Å². The van der Waals surface area contributed by atoms with Crippen molar-refractivity contribution in [3.05, 3.63) is 47.0 Å². The topological polar surface area (TPSA) is 73.1 Å². The third-order valence-corrected chi connectivity index (χ3v) is 2.31. The summed E-state index contributed by atoms with van der Waals surface area (Å²) in [6.07, 6.45) is 0.523. The molecule has 5 heteroatoms. The van der Waals surface area contributed by atoms with Crippen LogP contribution in [0, 0.1) is 17.1 Å². The molecule has 0 aliphatic carbocycles. The van der Waals surface area contributed by atoms with Gasteiger partial charge in [0.2, 0.25) is 0 Å². The molecule has 1 aromatic carbocycles. The van der Waals surface area contributed by atoms with E-state index in [-0.39, 0.29) is 17.1 Å². The average Bonchev–Trinajstić information content (AvgIpc) is 2.32. The van der Waals surface area contributed by atoms with Gasteiger partial charge in [0.05, 0.1) is 0 Å². The van der Waals surface area contributed by atoms with Crippen LogP contribution in [0.1, 0.15) is 12.5 Å². The van der Waals surface area contributed by atoms with Crippen LogP contribution in [0.5, 0.6) is 0 Å². The second-order valence-electron chi connectivity index (χ2n) is 3.70. The van der Waals surface area contributed by atoms with Gasteiger partial charge in [-0.2, -0.15) is 5.26 Å². The van der Waals surface area contributed by atoms with Gasteiger partial charge in [-0.25, -0.2) is 4.39 Å². The maximum absolute atomic E-state index is 12.6. The van der Waals surface area contributed by atoms with Crippen LogP contribution >= 0.6 is 0 Å². The van der Waals surface area contributed by atoms with Crippen LogP contribution in [0.4, 0.5) is 4.39 Å². The lowest BCUT2D eigenvalue weighted by molar-refractivity contribution is -0.117. The van der Waals surface area contributed by atoms with Gasteiger partial charge in [-0.3, -0.25) is 4.79 Å². The zero-order valence-electron chi connectivity index (χ0n) is 9.90. The first-order chi connectivity index (χ1) is 8.54. The molecule has 0 atom stereocenters. The van der Waals surface area contributed by atoms with Gasteiger partial charge in [0.1, 0.15) is 17.6 Å². The normalized spacial score (nSPS) is 11.4. The molecule has 0 saturated heterocycles. The molecule has 1 amide bonds. The van der Waals surface area contributed by atoms with E-state index in [4.69, 9.17) is 10.4 Å². The first kappa shape index (κ1) is 13.7. The number of amides is 1. The summed E-state index contributed by atoms with van der Waals surface area (Å²) in [5.74, 6) is -1.23. The molecule has 0 spiro atoms. The zero-order chi connectivity index (χ0) is 13.5.